The molecule has 1 rings (SSSR count). The predicted octanol–water partition coefficient (Wildman–Crippen LogP) is 4.54. The van der Waals surface area contributed by atoms with Crippen molar-refractivity contribution in [2.24, 2.45) is 5.92 Å². The maximum absolute atomic E-state index is 13.0. The molecule has 0 unspecified atom stereocenters. The van der Waals surface area contributed by atoms with E-state index in [-0.39, 0.29) is 5.82 Å². The SMILES string of the molecule is Fc1ccc(Br)c(CC(CBr)CBr)c1. The van der Waals surface area contributed by atoms with Crippen molar-refractivity contribution in [1.82, 2.24) is 0 Å². The quantitative estimate of drug-likeness (QED) is 0.664. The summed E-state index contributed by atoms with van der Waals surface area (Å²) in [6.07, 6.45) is 0.870. The van der Waals surface area contributed by atoms with Crippen LogP contribution >= 0.6 is 47.8 Å². The van der Waals surface area contributed by atoms with E-state index in [1.807, 2.05) is 0 Å². The van der Waals surface area contributed by atoms with E-state index in [2.05, 4.69) is 47.8 Å². The molecular weight excluding hydrogens is 379 g/mol. The number of hydrogen-bond donors (Lipinski definition) is 0. The number of benzene rings is 1. The van der Waals surface area contributed by atoms with E-state index in [9.17, 15) is 4.39 Å². The third-order valence-corrected chi connectivity index (χ3v) is 4.56. The van der Waals surface area contributed by atoms with E-state index >= 15 is 0 Å². The fourth-order valence-electron chi connectivity index (χ4n) is 1.16. The Balaban J connectivity index is 2.79. The van der Waals surface area contributed by atoms with Crippen molar-refractivity contribution in [3.05, 3.63) is 34.1 Å². The van der Waals surface area contributed by atoms with Gasteiger partial charge >= 0.3 is 0 Å². The average molecular weight is 389 g/mol. The lowest BCUT2D eigenvalue weighted by molar-refractivity contribution is 0.617. The Hall–Kier alpha value is 0.590. The van der Waals surface area contributed by atoms with Crippen molar-refractivity contribution in [2.45, 2.75) is 6.42 Å². The van der Waals surface area contributed by atoms with E-state index in [0.717, 1.165) is 27.1 Å². The van der Waals surface area contributed by atoms with Gasteiger partial charge in [0, 0.05) is 15.1 Å². The van der Waals surface area contributed by atoms with Gasteiger partial charge < -0.3 is 0 Å². The average Bonchev–Trinajstić information content (AvgIpc) is 2.19. The van der Waals surface area contributed by atoms with Crippen LogP contribution in [0.25, 0.3) is 0 Å². The number of hydrogen-bond acceptors (Lipinski definition) is 0. The van der Waals surface area contributed by atoms with Gasteiger partial charge in [-0.15, -0.1) is 0 Å². The lowest BCUT2D eigenvalue weighted by atomic mass is 10.0. The molecule has 0 amide bonds. The largest absolute Gasteiger partial charge is 0.207 e. The minimum atomic E-state index is -0.175. The molecule has 14 heavy (non-hydrogen) atoms. The first-order valence-corrected chi connectivity index (χ1v) is 7.26. The van der Waals surface area contributed by atoms with Gasteiger partial charge in [0.25, 0.3) is 0 Å². The first-order chi connectivity index (χ1) is 6.67. The topological polar surface area (TPSA) is 0 Å². The van der Waals surface area contributed by atoms with Crippen LogP contribution in [0, 0.1) is 11.7 Å². The molecule has 0 aliphatic rings. The predicted molar refractivity (Wildman–Crippen MR) is 68.9 cm³/mol. The van der Waals surface area contributed by atoms with Crippen molar-refractivity contribution in [2.75, 3.05) is 10.7 Å². The van der Waals surface area contributed by atoms with Crippen LogP contribution in [-0.2, 0) is 6.42 Å². The normalized spacial score (nSPS) is 10.9. The van der Waals surface area contributed by atoms with Crippen LogP contribution in [0.5, 0.6) is 0 Å². The highest BCUT2D eigenvalue weighted by molar-refractivity contribution is 9.10. The van der Waals surface area contributed by atoms with E-state index in [1.165, 1.54) is 6.07 Å². The van der Waals surface area contributed by atoms with Gasteiger partial charge in [0.2, 0.25) is 0 Å². The highest BCUT2D eigenvalue weighted by Crippen LogP contribution is 2.22. The van der Waals surface area contributed by atoms with Crippen molar-refractivity contribution < 1.29 is 4.39 Å². The summed E-state index contributed by atoms with van der Waals surface area (Å²) in [5, 5.41) is 1.84. The van der Waals surface area contributed by atoms with Crippen LogP contribution < -0.4 is 0 Å². The zero-order valence-electron chi connectivity index (χ0n) is 7.44. The van der Waals surface area contributed by atoms with Gasteiger partial charge in [-0.2, -0.15) is 0 Å². The summed E-state index contributed by atoms with van der Waals surface area (Å²) in [5.41, 5.74) is 1.02. The van der Waals surface area contributed by atoms with E-state index in [4.69, 9.17) is 0 Å². The Labute approximate surface area is 109 Å². The second-order valence-electron chi connectivity index (χ2n) is 3.11. The third kappa shape index (κ3) is 3.63. The molecule has 0 nitrogen and oxygen atoms in total. The summed E-state index contributed by atoms with van der Waals surface area (Å²) >= 11 is 10.3. The fraction of sp³-hybridized carbons (Fsp3) is 0.400. The van der Waals surface area contributed by atoms with Crippen LogP contribution in [0.3, 0.4) is 0 Å². The van der Waals surface area contributed by atoms with Crippen LogP contribution in [0.15, 0.2) is 22.7 Å². The Morgan fingerprint density at radius 2 is 1.86 bits per heavy atom. The van der Waals surface area contributed by atoms with Crippen LogP contribution in [-0.4, -0.2) is 10.7 Å². The van der Waals surface area contributed by atoms with Gasteiger partial charge in [0.1, 0.15) is 5.82 Å². The number of halogens is 4. The molecule has 0 radical (unpaired) electrons. The number of rotatable bonds is 4. The highest BCUT2D eigenvalue weighted by atomic mass is 79.9. The second-order valence-corrected chi connectivity index (χ2v) is 5.26. The van der Waals surface area contributed by atoms with Gasteiger partial charge in [-0.05, 0) is 36.1 Å². The smallest absolute Gasteiger partial charge is 0.123 e. The fourth-order valence-corrected chi connectivity index (χ4v) is 3.10. The molecule has 1 aromatic rings. The van der Waals surface area contributed by atoms with E-state index < -0.39 is 0 Å². The first-order valence-electron chi connectivity index (χ1n) is 4.23. The van der Waals surface area contributed by atoms with E-state index in [0.29, 0.717) is 5.92 Å². The molecule has 0 aliphatic heterocycles. The molecule has 0 bridgehead atoms. The molecule has 78 valence electrons. The highest BCUT2D eigenvalue weighted by Gasteiger charge is 2.09. The third-order valence-electron chi connectivity index (χ3n) is 1.95. The van der Waals surface area contributed by atoms with Gasteiger partial charge in [0.15, 0.2) is 0 Å². The molecule has 0 aliphatic carbocycles. The van der Waals surface area contributed by atoms with Gasteiger partial charge in [-0.25, -0.2) is 4.39 Å². The molecule has 0 aromatic heterocycles. The van der Waals surface area contributed by atoms with Crippen LogP contribution in [0.4, 0.5) is 4.39 Å². The van der Waals surface area contributed by atoms with Gasteiger partial charge in [-0.1, -0.05) is 47.8 Å². The molecule has 4 heteroatoms. The minimum absolute atomic E-state index is 0.175. The number of alkyl halides is 2. The van der Waals surface area contributed by atoms with E-state index in [1.54, 1.807) is 12.1 Å². The molecule has 0 atom stereocenters. The summed E-state index contributed by atoms with van der Waals surface area (Å²) in [4.78, 5) is 0. The Kier molecular flexibility index (Phi) is 5.64. The zero-order chi connectivity index (χ0) is 10.6. The molecule has 0 fully saturated rings. The lowest BCUT2D eigenvalue weighted by Gasteiger charge is -2.11. The Morgan fingerprint density at radius 3 is 2.43 bits per heavy atom. The minimum Gasteiger partial charge on any atom is -0.207 e. The van der Waals surface area contributed by atoms with Crippen molar-refractivity contribution >= 4 is 47.8 Å². The summed E-state index contributed by atoms with van der Waals surface area (Å²) in [6, 6.07) is 4.80. The van der Waals surface area contributed by atoms with Crippen molar-refractivity contribution in [1.29, 1.82) is 0 Å². The molecule has 0 spiro atoms. The Morgan fingerprint density at radius 1 is 1.21 bits per heavy atom. The van der Waals surface area contributed by atoms with Gasteiger partial charge in [0.05, 0.1) is 0 Å². The first kappa shape index (κ1) is 12.7. The summed E-state index contributed by atoms with van der Waals surface area (Å²) in [7, 11) is 0. The Bertz CT molecular complexity index is 297. The maximum Gasteiger partial charge on any atom is 0.123 e. The molecule has 0 saturated heterocycles. The van der Waals surface area contributed by atoms with Crippen LogP contribution in [0.2, 0.25) is 0 Å². The van der Waals surface area contributed by atoms with Crippen molar-refractivity contribution in [3.8, 4) is 0 Å². The van der Waals surface area contributed by atoms with Crippen LogP contribution in [0.1, 0.15) is 5.56 Å². The van der Waals surface area contributed by atoms with Gasteiger partial charge in [-0.3, -0.25) is 0 Å². The second kappa shape index (κ2) is 6.23. The lowest BCUT2D eigenvalue weighted by Crippen LogP contribution is -2.08. The molecule has 0 saturated carbocycles. The molecule has 1 aromatic carbocycles. The van der Waals surface area contributed by atoms with Crippen molar-refractivity contribution in [3.63, 3.8) is 0 Å². The molecule has 0 N–H and O–H groups in total. The summed E-state index contributed by atoms with van der Waals surface area (Å²) in [5.74, 6) is 0.319. The monoisotopic (exact) mass is 386 g/mol. The maximum atomic E-state index is 13.0. The summed E-state index contributed by atoms with van der Waals surface area (Å²) in [6.45, 7) is 0. The summed E-state index contributed by atoms with van der Waals surface area (Å²) < 4.78 is 13.9. The standard InChI is InChI=1S/C10H10Br3F/c11-5-7(6-12)3-8-4-9(14)1-2-10(8)13/h1-2,4,7H,3,5-6H2. The zero-order valence-corrected chi connectivity index (χ0v) is 12.2. The molecular formula is C10H10Br3F. The molecule has 0 heterocycles.